The molecule has 49 heavy (non-hydrogen) atoms. The summed E-state index contributed by atoms with van der Waals surface area (Å²) in [7, 11) is 0. The number of hydrogen-bond acceptors (Lipinski definition) is 8. The van der Waals surface area contributed by atoms with Gasteiger partial charge < -0.3 is 26.2 Å². The zero-order chi connectivity index (χ0) is 36.1. The number of aromatic nitrogens is 2. The summed E-state index contributed by atoms with van der Waals surface area (Å²) in [5.41, 5.74) is -0.876. The molecule has 13 heteroatoms. The molecule has 1 saturated heterocycles. The summed E-state index contributed by atoms with van der Waals surface area (Å²) in [6, 6.07) is -3.85. The SMILES string of the molecule is C=CCNC(=O)C(=O)C(CCC)NC(=O)[C@@H]1[C@@H]2[C@H](CN1C(=O)[C@@H](NC(=O)[C@@H](NC(=O)c1cnccn1)C1CCCCC1)C(C)(C)C)C2(C)C. The molecular weight excluding hydrogens is 626 g/mol. The van der Waals surface area contributed by atoms with Crippen molar-refractivity contribution in [1.29, 1.82) is 0 Å². The number of likely N-dealkylation sites (tertiary alicyclic amines) is 1. The van der Waals surface area contributed by atoms with Crippen LogP contribution >= 0.6 is 0 Å². The smallest absolute Gasteiger partial charge is 0.289 e. The van der Waals surface area contributed by atoms with Gasteiger partial charge in [-0.15, -0.1) is 6.58 Å². The maximum absolute atomic E-state index is 14.5. The fourth-order valence-electron chi connectivity index (χ4n) is 7.58. The molecule has 0 radical (unpaired) electrons. The quantitative estimate of drug-likeness (QED) is 0.171. The number of hydrogen-bond donors (Lipinski definition) is 4. The van der Waals surface area contributed by atoms with Crippen molar-refractivity contribution in [1.82, 2.24) is 36.1 Å². The number of carbonyl (C=O) groups is 6. The van der Waals surface area contributed by atoms with Crippen molar-refractivity contribution < 1.29 is 28.8 Å². The highest BCUT2D eigenvalue weighted by molar-refractivity contribution is 6.38. The van der Waals surface area contributed by atoms with Gasteiger partial charge in [-0.2, -0.15) is 0 Å². The van der Waals surface area contributed by atoms with Gasteiger partial charge in [0.1, 0.15) is 23.8 Å². The molecule has 4 N–H and O–H groups in total. The molecule has 2 saturated carbocycles. The third kappa shape index (κ3) is 8.53. The van der Waals surface area contributed by atoms with E-state index in [1.54, 1.807) is 0 Å². The summed E-state index contributed by atoms with van der Waals surface area (Å²) < 4.78 is 0. The number of piperidine rings is 1. The Morgan fingerprint density at radius 2 is 1.73 bits per heavy atom. The number of nitrogens with zero attached hydrogens (tertiary/aromatic N) is 3. The van der Waals surface area contributed by atoms with Gasteiger partial charge in [-0.25, -0.2) is 4.98 Å². The molecule has 6 atom stereocenters. The molecule has 1 aromatic rings. The number of amides is 5. The van der Waals surface area contributed by atoms with Crippen molar-refractivity contribution in [2.45, 2.75) is 111 Å². The Morgan fingerprint density at radius 1 is 1.04 bits per heavy atom. The number of rotatable bonds is 14. The molecule has 268 valence electrons. The van der Waals surface area contributed by atoms with Crippen LogP contribution in [0.2, 0.25) is 0 Å². The Balaban J connectivity index is 1.57. The van der Waals surface area contributed by atoms with Gasteiger partial charge in [0.05, 0.1) is 12.2 Å². The van der Waals surface area contributed by atoms with Crippen molar-refractivity contribution in [3.05, 3.63) is 36.9 Å². The lowest BCUT2D eigenvalue weighted by Gasteiger charge is -2.39. The van der Waals surface area contributed by atoms with E-state index in [2.05, 4.69) is 51.7 Å². The Morgan fingerprint density at radius 3 is 2.33 bits per heavy atom. The van der Waals surface area contributed by atoms with E-state index in [1.165, 1.54) is 29.6 Å². The maximum atomic E-state index is 14.5. The van der Waals surface area contributed by atoms with Gasteiger partial charge in [0.2, 0.25) is 23.5 Å². The monoisotopic (exact) mass is 679 g/mol. The zero-order valence-corrected chi connectivity index (χ0v) is 29.7. The van der Waals surface area contributed by atoms with Crippen LogP contribution in [0.15, 0.2) is 31.2 Å². The first-order valence-corrected chi connectivity index (χ1v) is 17.5. The van der Waals surface area contributed by atoms with Crippen LogP contribution in [-0.4, -0.2) is 87.4 Å². The van der Waals surface area contributed by atoms with Crippen molar-refractivity contribution in [3.63, 3.8) is 0 Å². The predicted octanol–water partition coefficient (Wildman–Crippen LogP) is 2.33. The van der Waals surface area contributed by atoms with Crippen LogP contribution in [0.25, 0.3) is 0 Å². The van der Waals surface area contributed by atoms with Crippen molar-refractivity contribution in [2.24, 2.45) is 28.6 Å². The molecule has 0 bridgehead atoms. The first-order valence-electron chi connectivity index (χ1n) is 17.5. The minimum absolute atomic E-state index is 0.0565. The van der Waals surface area contributed by atoms with E-state index in [9.17, 15) is 28.8 Å². The lowest BCUT2D eigenvalue weighted by Crippen LogP contribution is -2.62. The molecule has 2 aliphatic carbocycles. The largest absolute Gasteiger partial charge is 0.346 e. The second kappa shape index (κ2) is 15.6. The minimum Gasteiger partial charge on any atom is -0.346 e. The van der Waals surface area contributed by atoms with Crippen LogP contribution < -0.4 is 21.3 Å². The van der Waals surface area contributed by atoms with Gasteiger partial charge in [0.25, 0.3) is 11.8 Å². The van der Waals surface area contributed by atoms with E-state index in [1.807, 2.05) is 27.7 Å². The Labute approximate surface area is 289 Å². The summed E-state index contributed by atoms with van der Waals surface area (Å²) in [6.07, 6.45) is 10.9. The van der Waals surface area contributed by atoms with Crippen LogP contribution in [0, 0.1) is 28.6 Å². The summed E-state index contributed by atoms with van der Waals surface area (Å²) in [5, 5.41) is 11.1. The Kier molecular flexibility index (Phi) is 12.0. The van der Waals surface area contributed by atoms with Crippen LogP contribution in [0.3, 0.4) is 0 Å². The highest BCUT2D eigenvalue weighted by Crippen LogP contribution is 2.65. The van der Waals surface area contributed by atoms with Gasteiger partial charge in [-0.1, -0.05) is 73.3 Å². The standard InChI is InChI=1S/C36H53N7O6/c1-8-13-23(28(44)33(48)39-16-9-2)40-32(47)27-25-22(36(25,6)7)20-43(27)34(49)29(35(3,4)5)42-31(46)26(21-14-11-10-12-15-21)41-30(45)24-19-37-17-18-38-24/h9,17-19,21-23,25-27,29H,2,8,10-16,20H2,1,3-7H3,(H,39,48)(H,40,47)(H,41,45)(H,42,46)/t22-,23?,25-,26-,27-,29+/m0/s1. The molecule has 1 aliphatic heterocycles. The normalized spacial score (nSPS) is 23.2. The average molecular weight is 680 g/mol. The third-order valence-corrected chi connectivity index (χ3v) is 10.5. The Hall–Kier alpha value is -4.16. The fourth-order valence-corrected chi connectivity index (χ4v) is 7.58. The van der Waals surface area contributed by atoms with Gasteiger partial charge in [0.15, 0.2) is 0 Å². The molecule has 3 fully saturated rings. The van der Waals surface area contributed by atoms with E-state index in [0.717, 1.165) is 32.1 Å². The highest BCUT2D eigenvalue weighted by atomic mass is 16.2. The first kappa shape index (κ1) is 37.7. The van der Waals surface area contributed by atoms with Crippen molar-refractivity contribution in [2.75, 3.05) is 13.1 Å². The number of ketones is 1. The van der Waals surface area contributed by atoms with Gasteiger partial charge >= 0.3 is 0 Å². The van der Waals surface area contributed by atoms with Crippen LogP contribution in [0.1, 0.15) is 97.0 Å². The van der Waals surface area contributed by atoms with E-state index < -0.39 is 64.9 Å². The third-order valence-electron chi connectivity index (χ3n) is 10.5. The van der Waals surface area contributed by atoms with Crippen LogP contribution in [-0.2, 0) is 24.0 Å². The number of carbonyl (C=O) groups excluding carboxylic acids is 6. The molecule has 5 amide bonds. The second-order valence-electron chi connectivity index (χ2n) is 15.3. The van der Waals surface area contributed by atoms with Crippen LogP contribution in [0.4, 0.5) is 0 Å². The predicted molar refractivity (Wildman–Crippen MR) is 183 cm³/mol. The number of fused-ring (bicyclic) bond motifs is 1. The molecule has 3 aliphatic rings. The zero-order valence-electron chi connectivity index (χ0n) is 29.7. The molecule has 0 aromatic carbocycles. The topological polar surface area (TPSA) is 180 Å². The van der Waals surface area contributed by atoms with E-state index in [-0.39, 0.29) is 41.8 Å². The summed E-state index contributed by atoms with van der Waals surface area (Å²) in [4.78, 5) is 90.9. The number of Topliss-reactive ketones (excluding diaryl/α,β-unsaturated/α-hetero) is 1. The highest BCUT2D eigenvalue weighted by Gasteiger charge is 2.70. The fraction of sp³-hybridized carbons (Fsp3) is 0.667. The van der Waals surface area contributed by atoms with E-state index >= 15 is 0 Å². The number of nitrogens with one attached hydrogen (secondary N) is 4. The van der Waals surface area contributed by atoms with E-state index in [0.29, 0.717) is 13.0 Å². The van der Waals surface area contributed by atoms with Gasteiger partial charge in [0, 0.05) is 25.5 Å². The average Bonchev–Trinajstić information content (AvgIpc) is 3.38. The van der Waals surface area contributed by atoms with Gasteiger partial charge in [-0.05, 0) is 47.8 Å². The maximum Gasteiger partial charge on any atom is 0.289 e. The molecule has 4 rings (SSSR count). The molecular formula is C36H53N7O6. The van der Waals surface area contributed by atoms with Crippen LogP contribution in [0.5, 0.6) is 0 Å². The van der Waals surface area contributed by atoms with Crippen molar-refractivity contribution >= 4 is 35.3 Å². The van der Waals surface area contributed by atoms with E-state index in [4.69, 9.17) is 0 Å². The molecule has 0 spiro atoms. The summed E-state index contributed by atoms with van der Waals surface area (Å²) >= 11 is 0. The lowest BCUT2D eigenvalue weighted by atomic mass is 9.82. The summed E-state index contributed by atoms with van der Waals surface area (Å²) in [6.45, 7) is 15.5. The Bertz CT molecular complexity index is 1420. The van der Waals surface area contributed by atoms with Gasteiger partial charge in [-0.3, -0.25) is 33.8 Å². The molecule has 2 heterocycles. The molecule has 1 unspecified atom stereocenters. The minimum atomic E-state index is -1.05. The summed E-state index contributed by atoms with van der Waals surface area (Å²) in [5.74, 6) is -3.68. The first-order chi connectivity index (χ1) is 23.1. The second-order valence-corrected chi connectivity index (χ2v) is 15.3. The van der Waals surface area contributed by atoms with Crippen molar-refractivity contribution in [3.8, 4) is 0 Å². The molecule has 13 nitrogen and oxygen atoms in total. The molecule has 1 aromatic heterocycles. The lowest BCUT2D eigenvalue weighted by molar-refractivity contribution is -0.147.